The monoisotopic (exact) mass is 250 g/mol. The number of aromatic amines is 1. The van der Waals surface area contributed by atoms with Gasteiger partial charge in [-0.15, -0.1) is 0 Å². The SMILES string of the molecule is CC1(C)CCC(O)CN1C(=O)CCc1cc[nH]c1. The number of amides is 1. The first-order valence-electron chi connectivity index (χ1n) is 6.59. The number of hydrogen-bond donors (Lipinski definition) is 2. The normalized spacial score (nSPS) is 23.1. The molecule has 0 spiro atoms. The number of aromatic nitrogens is 1. The van der Waals surface area contributed by atoms with Crippen molar-refractivity contribution in [1.82, 2.24) is 9.88 Å². The third-order valence-electron chi connectivity index (χ3n) is 3.80. The summed E-state index contributed by atoms with van der Waals surface area (Å²) >= 11 is 0. The van der Waals surface area contributed by atoms with Crippen molar-refractivity contribution in [1.29, 1.82) is 0 Å². The van der Waals surface area contributed by atoms with E-state index < -0.39 is 0 Å². The number of nitrogens with one attached hydrogen (secondary N) is 1. The molecule has 1 aliphatic heterocycles. The van der Waals surface area contributed by atoms with E-state index in [2.05, 4.69) is 18.8 Å². The molecular formula is C14H22N2O2. The average molecular weight is 250 g/mol. The molecule has 18 heavy (non-hydrogen) atoms. The number of aliphatic hydroxyl groups excluding tert-OH is 1. The summed E-state index contributed by atoms with van der Waals surface area (Å²) in [7, 11) is 0. The van der Waals surface area contributed by atoms with Crippen LogP contribution in [0.3, 0.4) is 0 Å². The third-order valence-corrected chi connectivity index (χ3v) is 3.80. The Balaban J connectivity index is 1.94. The van der Waals surface area contributed by atoms with Gasteiger partial charge in [0.05, 0.1) is 6.10 Å². The molecule has 100 valence electrons. The maximum atomic E-state index is 12.3. The molecule has 0 radical (unpaired) electrons. The molecule has 1 amide bonds. The summed E-state index contributed by atoms with van der Waals surface area (Å²) in [5.74, 6) is 0.139. The summed E-state index contributed by atoms with van der Waals surface area (Å²) in [6, 6.07) is 1.99. The molecule has 1 aromatic heterocycles. The van der Waals surface area contributed by atoms with Gasteiger partial charge >= 0.3 is 0 Å². The van der Waals surface area contributed by atoms with Gasteiger partial charge in [-0.2, -0.15) is 0 Å². The molecule has 1 aromatic rings. The van der Waals surface area contributed by atoms with Crippen LogP contribution in [0.1, 0.15) is 38.7 Å². The highest BCUT2D eigenvalue weighted by molar-refractivity contribution is 5.77. The molecule has 0 saturated carbocycles. The van der Waals surface area contributed by atoms with Crippen LogP contribution < -0.4 is 0 Å². The van der Waals surface area contributed by atoms with Crippen molar-refractivity contribution in [2.45, 2.75) is 51.2 Å². The summed E-state index contributed by atoms with van der Waals surface area (Å²) in [4.78, 5) is 17.1. The molecule has 1 atom stereocenters. The highest BCUT2D eigenvalue weighted by Gasteiger charge is 2.36. The standard InChI is InChI=1S/C14H22N2O2/c1-14(2)7-5-12(17)10-16(14)13(18)4-3-11-6-8-15-9-11/h6,8-9,12,15,17H,3-5,7,10H2,1-2H3. The van der Waals surface area contributed by atoms with Crippen LogP contribution in [0.2, 0.25) is 0 Å². The Morgan fingerprint density at radius 3 is 3.06 bits per heavy atom. The van der Waals surface area contributed by atoms with Gasteiger partial charge in [0.2, 0.25) is 5.91 Å². The second-order valence-electron chi connectivity index (χ2n) is 5.73. The van der Waals surface area contributed by atoms with Crippen LogP contribution in [-0.4, -0.2) is 39.1 Å². The van der Waals surface area contributed by atoms with Crippen LogP contribution in [0.5, 0.6) is 0 Å². The molecule has 1 unspecified atom stereocenters. The van der Waals surface area contributed by atoms with Crippen LogP contribution in [-0.2, 0) is 11.2 Å². The lowest BCUT2D eigenvalue weighted by molar-refractivity contribution is -0.142. The third kappa shape index (κ3) is 2.93. The average Bonchev–Trinajstić information content (AvgIpc) is 2.82. The first-order chi connectivity index (χ1) is 8.49. The number of piperidine rings is 1. The Labute approximate surface area is 108 Å². The van der Waals surface area contributed by atoms with Crippen molar-refractivity contribution < 1.29 is 9.90 Å². The van der Waals surface area contributed by atoms with Gasteiger partial charge in [0, 0.05) is 30.9 Å². The molecule has 4 nitrogen and oxygen atoms in total. The fourth-order valence-electron chi connectivity index (χ4n) is 2.54. The first kappa shape index (κ1) is 13.1. The summed E-state index contributed by atoms with van der Waals surface area (Å²) in [5.41, 5.74) is 1.02. The molecule has 0 aromatic carbocycles. The van der Waals surface area contributed by atoms with Crippen molar-refractivity contribution in [3.8, 4) is 0 Å². The Bertz CT molecular complexity index is 398. The Morgan fingerprint density at radius 2 is 2.39 bits per heavy atom. The van der Waals surface area contributed by atoms with Crippen molar-refractivity contribution in [2.75, 3.05) is 6.54 Å². The maximum absolute atomic E-state index is 12.3. The second kappa shape index (κ2) is 5.14. The molecule has 1 saturated heterocycles. The largest absolute Gasteiger partial charge is 0.391 e. The molecule has 0 aliphatic carbocycles. The van der Waals surface area contributed by atoms with E-state index in [0.29, 0.717) is 13.0 Å². The summed E-state index contributed by atoms with van der Waals surface area (Å²) in [6.45, 7) is 4.62. The van der Waals surface area contributed by atoms with Crippen LogP contribution in [0, 0.1) is 0 Å². The van der Waals surface area contributed by atoms with Crippen molar-refractivity contribution in [2.24, 2.45) is 0 Å². The number of rotatable bonds is 3. The van der Waals surface area contributed by atoms with E-state index >= 15 is 0 Å². The first-order valence-corrected chi connectivity index (χ1v) is 6.59. The van der Waals surface area contributed by atoms with Gasteiger partial charge < -0.3 is 15.0 Å². The van der Waals surface area contributed by atoms with E-state index in [9.17, 15) is 9.90 Å². The maximum Gasteiger partial charge on any atom is 0.223 e. The van der Waals surface area contributed by atoms with Crippen molar-refractivity contribution in [3.05, 3.63) is 24.0 Å². The lowest BCUT2D eigenvalue weighted by Gasteiger charge is -2.44. The van der Waals surface area contributed by atoms with E-state index in [1.54, 1.807) is 0 Å². The zero-order valence-electron chi connectivity index (χ0n) is 11.1. The number of likely N-dealkylation sites (tertiary alicyclic amines) is 1. The van der Waals surface area contributed by atoms with Crippen LogP contribution >= 0.6 is 0 Å². The fraction of sp³-hybridized carbons (Fsp3) is 0.643. The lowest BCUT2D eigenvalue weighted by atomic mass is 9.88. The molecule has 0 bridgehead atoms. The fourth-order valence-corrected chi connectivity index (χ4v) is 2.54. The molecule has 4 heteroatoms. The predicted octanol–water partition coefficient (Wildman–Crippen LogP) is 1.71. The molecule has 2 heterocycles. The zero-order valence-corrected chi connectivity index (χ0v) is 11.1. The minimum Gasteiger partial charge on any atom is -0.391 e. The molecule has 2 N–H and O–H groups in total. The minimum atomic E-state index is -0.366. The van der Waals surface area contributed by atoms with Crippen LogP contribution in [0.4, 0.5) is 0 Å². The second-order valence-corrected chi connectivity index (χ2v) is 5.73. The number of carbonyl (C=O) groups is 1. The highest BCUT2D eigenvalue weighted by Crippen LogP contribution is 2.28. The highest BCUT2D eigenvalue weighted by atomic mass is 16.3. The minimum absolute atomic E-state index is 0.130. The van der Waals surface area contributed by atoms with Gasteiger partial charge in [-0.25, -0.2) is 0 Å². The number of H-pyrrole nitrogens is 1. The van der Waals surface area contributed by atoms with E-state index in [1.165, 1.54) is 0 Å². The lowest BCUT2D eigenvalue weighted by Crippen LogP contribution is -2.54. The number of aryl methyl sites for hydroxylation is 1. The van der Waals surface area contributed by atoms with E-state index in [0.717, 1.165) is 24.8 Å². The topological polar surface area (TPSA) is 56.3 Å². The van der Waals surface area contributed by atoms with E-state index in [-0.39, 0.29) is 17.6 Å². The predicted molar refractivity (Wildman–Crippen MR) is 70.1 cm³/mol. The summed E-state index contributed by atoms with van der Waals surface area (Å²) in [6.07, 6.45) is 6.34. The van der Waals surface area contributed by atoms with Gasteiger partial charge in [-0.3, -0.25) is 4.79 Å². The Hall–Kier alpha value is -1.29. The zero-order chi connectivity index (χ0) is 13.2. The molecule has 2 rings (SSSR count). The van der Waals surface area contributed by atoms with Crippen LogP contribution in [0.25, 0.3) is 0 Å². The number of nitrogens with zero attached hydrogens (tertiary/aromatic N) is 1. The summed E-state index contributed by atoms with van der Waals surface area (Å²) in [5, 5.41) is 9.71. The molecule has 1 fully saturated rings. The van der Waals surface area contributed by atoms with Gasteiger partial charge in [0.25, 0.3) is 0 Å². The van der Waals surface area contributed by atoms with Gasteiger partial charge in [0.15, 0.2) is 0 Å². The van der Waals surface area contributed by atoms with E-state index in [4.69, 9.17) is 0 Å². The summed E-state index contributed by atoms with van der Waals surface area (Å²) < 4.78 is 0. The molecule has 1 aliphatic rings. The molecular weight excluding hydrogens is 228 g/mol. The van der Waals surface area contributed by atoms with Gasteiger partial charge in [-0.1, -0.05) is 0 Å². The number of carbonyl (C=O) groups excluding carboxylic acids is 1. The number of aliphatic hydroxyl groups is 1. The Morgan fingerprint density at radius 1 is 1.61 bits per heavy atom. The number of β-amino-alcohol motifs (C(OH)–C–C–N with tert-alkyl or cyclic N) is 1. The smallest absolute Gasteiger partial charge is 0.223 e. The van der Waals surface area contributed by atoms with Crippen LogP contribution in [0.15, 0.2) is 18.5 Å². The van der Waals surface area contributed by atoms with E-state index in [1.807, 2.05) is 23.4 Å². The van der Waals surface area contributed by atoms with Gasteiger partial charge in [-0.05, 0) is 44.7 Å². The van der Waals surface area contributed by atoms with Gasteiger partial charge in [0.1, 0.15) is 0 Å². The van der Waals surface area contributed by atoms with Crippen molar-refractivity contribution >= 4 is 5.91 Å². The Kier molecular flexibility index (Phi) is 3.76. The number of hydrogen-bond acceptors (Lipinski definition) is 2. The van der Waals surface area contributed by atoms with Crippen molar-refractivity contribution in [3.63, 3.8) is 0 Å². The quantitative estimate of drug-likeness (QED) is 0.858.